The van der Waals surface area contributed by atoms with Crippen LogP contribution in [0.1, 0.15) is 30.5 Å². The molecule has 0 saturated heterocycles. The second kappa shape index (κ2) is 5.46. The summed E-state index contributed by atoms with van der Waals surface area (Å²) in [6, 6.07) is 0.676. The molecule has 1 saturated carbocycles. The maximum absolute atomic E-state index is 5.24. The quantitative estimate of drug-likeness (QED) is 0.717. The van der Waals surface area contributed by atoms with Crippen molar-refractivity contribution in [2.24, 2.45) is 0 Å². The van der Waals surface area contributed by atoms with Gasteiger partial charge in [-0.25, -0.2) is 0 Å². The van der Waals surface area contributed by atoms with Crippen LogP contribution in [0.15, 0.2) is 6.20 Å². The molecule has 1 aromatic heterocycles. The van der Waals surface area contributed by atoms with Gasteiger partial charge >= 0.3 is 0 Å². The Morgan fingerprint density at radius 2 is 2.38 bits per heavy atom. The first-order valence-electron chi connectivity index (χ1n) is 6.04. The fraction of sp³-hybridized carbons (Fsp3) is 0.750. The van der Waals surface area contributed by atoms with Gasteiger partial charge in [0.15, 0.2) is 0 Å². The average Bonchev–Trinajstić information content (AvgIpc) is 2.61. The molecule has 1 aliphatic rings. The Labute approximate surface area is 96.8 Å². The highest BCUT2D eigenvalue weighted by atomic mass is 16.5. The first-order valence-corrected chi connectivity index (χ1v) is 6.04. The summed E-state index contributed by atoms with van der Waals surface area (Å²) in [6.07, 6.45) is 7.04. The van der Waals surface area contributed by atoms with Gasteiger partial charge in [0.25, 0.3) is 0 Å². The van der Waals surface area contributed by atoms with E-state index in [1.165, 1.54) is 30.5 Å². The number of aromatic nitrogens is 2. The third-order valence-corrected chi connectivity index (χ3v) is 3.42. The molecule has 0 atom stereocenters. The topological polar surface area (TPSA) is 49.9 Å². The molecule has 4 heteroatoms. The van der Waals surface area contributed by atoms with Crippen molar-refractivity contribution in [1.29, 1.82) is 0 Å². The normalized spacial score (nSPS) is 24.4. The summed E-state index contributed by atoms with van der Waals surface area (Å²) in [5.41, 5.74) is 2.54. The van der Waals surface area contributed by atoms with E-state index in [2.05, 4.69) is 22.4 Å². The van der Waals surface area contributed by atoms with E-state index in [0.717, 1.165) is 13.0 Å². The minimum absolute atomic E-state index is 0.494. The van der Waals surface area contributed by atoms with Crippen molar-refractivity contribution in [2.45, 2.75) is 44.8 Å². The van der Waals surface area contributed by atoms with Crippen LogP contribution in [0, 0.1) is 6.92 Å². The monoisotopic (exact) mass is 223 g/mol. The third-order valence-electron chi connectivity index (χ3n) is 3.42. The zero-order chi connectivity index (χ0) is 11.4. The van der Waals surface area contributed by atoms with Crippen molar-refractivity contribution >= 4 is 0 Å². The molecule has 16 heavy (non-hydrogen) atoms. The van der Waals surface area contributed by atoms with E-state index in [0.29, 0.717) is 12.1 Å². The van der Waals surface area contributed by atoms with Crippen molar-refractivity contribution < 1.29 is 4.74 Å². The maximum Gasteiger partial charge on any atom is 0.0601 e. The van der Waals surface area contributed by atoms with Crippen molar-refractivity contribution in [1.82, 2.24) is 15.5 Å². The number of nitrogens with one attached hydrogen (secondary N) is 2. The highest BCUT2D eigenvalue weighted by Crippen LogP contribution is 2.22. The molecule has 1 aliphatic carbocycles. The van der Waals surface area contributed by atoms with Crippen LogP contribution >= 0.6 is 0 Å². The van der Waals surface area contributed by atoms with Gasteiger partial charge in [-0.15, -0.1) is 0 Å². The number of hydrogen-bond acceptors (Lipinski definition) is 3. The van der Waals surface area contributed by atoms with Crippen LogP contribution in [0.3, 0.4) is 0 Å². The van der Waals surface area contributed by atoms with Gasteiger partial charge in [0, 0.05) is 18.8 Å². The molecule has 1 fully saturated rings. The van der Waals surface area contributed by atoms with Crippen LogP contribution in [-0.4, -0.2) is 36.0 Å². The van der Waals surface area contributed by atoms with E-state index < -0.39 is 0 Å². The number of aryl methyl sites for hydroxylation is 2. The smallest absolute Gasteiger partial charge is 0.0601 e. The largest absolute Gasteiger partial charge is 0.381 e. The van der Waals surface area contributed by atoms with E-state index in [1.54, 1.807) is 7.11 Å². The summed E-state index contributed by atoms with van der Waals surface area (Å²) in [7, 11) is 1.79. The fourth-order valence-corrected chi connectivity index (χ4v) is 2.14. The number of ether oxygens (including phenoxy) is 1. The molecule has 0 radical (unpaired) electrons. The zero-order valence-corrected chi connectivity index (χ0v) is 10.1. The van der Waals surface area contributed by atoms with Crippen molar-refractivity contribution in [2.75, 3.05) is 13.7 Å². The molecule has 0 aromatic carbocycles. The van der Waals surface area contributed by atoms with Gasteiger partial charge in [-0.2, -0.15) is 5.10 Å². The minimum atomic E-state index is 0.494. The van der Waals surface area contributed by atoms with E-state index in [1.807, 2.05) is 6.20 Å². The standard InChI is InChI=1S/C12H21N3O/c1-9-10(8-14-15-9)4-3-5-13-11-6-12(7-11)16-2/h8,11-13H,3-7H2,1-2H3,(H,14,15). The van der Waals surface area contributed by atoms with Crippen LogP contribution < -0.4 is 5.32 Å². The number of rotatable bonds is 6. The van der Waals surface area contributed by atoms with Crippen LogP contribution in [0.25, 0.3) is 0 Å². The summed E-state index contributed by atoms with van der Waals surface area (Å²) in [6.45, 7) is 3.16. The van der Waals surface area contributed by atoms with Crippen molar-refractivity contribution in [3.63, 3.8) is 0 Å². The lowest BCUT2D eigenvalue weighted by molar-refractivity contribution is 0.0175. The van der Waals surface area contributed by atoms with E-state index in [4.69, 9.17) is 4.74 Å². The molecule has 0 amide bonds. The van der Waals surface area contributed by atoms with Crippen LogP contribution in [0.5, 0.6) is 0 Å². The molecule has 0 spiro atoms. The summed E-state index contributed by atoms with van der Waals surface area (Å²) in [4.78, 5) is 0. The molecular weight excluding hydrogens is 202 g/mol. The van der Waals surface area contributed by atoms with Gasteiger partial charge in [-0.3, -0.25) is 5.10 Å². The lowest BCUT2D eigenvalue weighted by atomic mass is 9.89. The van der Waals surface area contributed by atoms with Crippen LogP contribution in [0.4, 0.5) is 0 Å². The number of aromatic amines is 1. The molecule has 0 aliphatic heterocycles. The Morgan fingerprint density at radius 1 is 1.56 bits per heavy atom. The minimum Gasteiger partial charge on any atom is -0.381 e. The number of hydrogen-bond donors (Lipinski definition) is 2. The molecular formula is C12H21N3O. The molecule has 1 heterocycles. The molecule has 0 bridgehead atoms. The van der Waals surface area contributed by atoms with E-state index in [9.17, 15) is 0 Å². The molecule has 4 nitrogen and oxygen atoms in total. The Balaban J connectivity index is 1.55. The molecule has 0 unspecified atom stereocenters. The average molecular weight is 223 g/mol. The van der Waals surface area contributed by atoms with Crippen LogP contribution in [0.2, 0.25) is 0 Å². The Bertz CT molecular complexity index is 318. The Hall–Kier alpha value is -0.870. The molecule has 2 N–H and O–H groups in total. The first kappa shape index (κ1) is 11.6. The van der Waals surface area contributed by atoms with Gasteiger partial charge in [-0.05, 0) is 44.7 Å². The number of methoxy groups -OCH3 is 1. The zero-order valence-electron chi connectivity index (χ0n) is 10.1. The second-order valence-corrected chi connectivity index (χ2v) is 4.60. The molecule has 2 rings (SSSR count). The Kier molecular flexibility index (Phi) is 3.96. The Morgan fingerprint density at radius 3 is 3.00 bits per heavy atom. The molecule has 90 valence electrons. The SMILES string of the molecule is COC1CC(NCCCc2cn[nH]c2C)C1. The van der Waals surface area contributed by atoms with Gasteiger partial charge in [0.05, 0.1) is 12.3 Å². The van der Waals surface area contributed by atoms with Crippen molar-refractivity contribution in [3.8, 4) is 0 Å². The predicted octanol–water partition coefficient (Wildman–Crippen LogP) is 1.42. The maximum atomic E-state index is 5.24. The first-order chi connectivity index (χ1) is 7.79. The highest BCUT2D eigenvalue weighted by molar-refractivity contribution is 5.14. The fourth-order valence-electron chi connectivity index (χ4n) is 2.14. The van der Waals surface area contributed by atoms with E-state index in [-0.39, 0.29) is 0 Å². The summed E-state index contributed by atoms with van der Waals surface area (Å²) in [5, 5.41) is 10.5. The second-order valence-electron chi connectivity index (χ2n) is 4.60. The highest BCUT2D eigenvalue weighted by Gasteiger charge is 2.27. The number of nitrogens with zero attached hydrogens (tertiary/aromatic N) is 1. The third kappa shape index (κ3) is 2.83. The summed E-state index contributed by atoms with van der Waals surface area (Å²) >= 11 is 0. The summed E-state index contributed by atoms with van der Waals surface area (Å²) < 4.78 is 5.24. The molecule has 1 aromatic rings. The lowest BCUT2D eigenvalue weighted by Gasteiger charge is -2.34. The van der Waals surface area contributed by atoms with Gasteiger partial charge in [0.1, 0.15) is 0 Å². The van der Waals surface area contributed by atoms with Gasteiger partial charge < -0.3 is 10.1 Å². The van der Waals surface area contributed by atoms with Gasteiger partial charge in [-0.1, -0.05) is 0 Å². The van der Waals surface area contributed by atoms with Crippen molar-refractivity contribution in [3.05, 3.63) is 17.5 Å². The number of H-pyrrole nitrogens is 1. The predicted molar refractivity (Wildman–Crippen MR) is 63.5 cm³/mol. The van der Waals surface area contributed by atoms with Crippen LogP contribution in [-0.2, 0) is 11.2 Å². The van der Waals surface area contributed by atoms with E-state index >= 15 is 0 Å². The van der Waals surface area contributed by atoms with Gasteiger partial charge in [0.2, 0.25) is 0 Å². The summed E-state index contributed by atoms with van der Waals surface area (Å²) in [5.74, 6) is 0. The lowest BCUT2D eigenvalue weighted by Crippen LogP contribution is -2.45.